The van der Waals surface area contributed by atoms with E-state index < -0.39 is 0 Å². The Morgan fingerprint density at radius 1 is 1.20 bits per heavy atom. The second-order valence-electron chi connectivity index (χ2n) is 7.88. The number of hydrogen-bond donors (Lipinski definition) is 1. The molecule has 150 valence electrons. The molecule has 0 bridgehead atoms. The Balaban J connectivity index is 1.63. The molecule has 0 unspecified atom stereocenters. The Hall–Kier alpha value is -3.26. The number of primary amides is 1. The van der Waals surface area contributed by atoms with Gasteiger partial charge in [-0.3, -0.25) is 4.79 Å². The first-order valence-corrected chi connectivity index (χ1v) is 11.0. The molecule has 4 aromatic heterocycles. The summed E-state index contributed by atoms with van der Waals surface area (Å²) in [6, 6.07) is 7.95. The number of amides is 1. The second kappa shape index (κ2) is 6.37. The van der Waals surface area contributed by atoms with E-state index in [-0.39, 0.29) is 12.5 Å². The fourth-order valence-electron chi connectivity index (χ4n) is 4.59. The monoisotopic (exact) mass is 416 g/mol. The van der Waals surface area contributed by atoms with Gasteiger partial charge in [-0.25, -0.2) is 9.97 Å². The van der Waals surface area contributed by atoms with Crippen molar-refractivity contribution in [2.45, 2.75) is 39.2 Å². The van der Waals surface area contributed by atoms with E-state index in [1.165, 1.54) is 23.3 Å². The summed E-state index contributed by atoms with van der Waals surface area (Å²) >= 11 is 1.80. The predicted molar refractivity (Wildman–Crippen MR) is 118 cm³/mol. The molecule has 8 heteroatoms. The fourth-order valence-corrected chi connectivity index (χ4v) is 5.89. The molecule has 0 fully saturated rings. The van der Waals surface area contributed by atoms with Crippen LogP contribution in [0.2, 0.25) is 0 Å². The summed E-state index contributed by atoms with van der Waals surface area (Å²) in [4.78, 5) is 23.9. The normalized spacial score (nSPS) is 14.0. The summed E-state index contributed by atoms with van der Waals surface area (Å²) < 4.78 is 3.73. The molecule has 0 aliphatic heterocycles. The maximum absolute atomic E-state index is 11.6. The number of fused-ring (bicyclic) bond motifs is 6. The highest BCUT2D eigenvalue weighted by Gasteiger charge is 2.23. The van der Waals surface area contributed by atoms with Crippen LogP contribution in [-0.2, 0) is 24.2 Å². The second-order valence-corrected chi connectivity index (χ2v) is 8.96. The van der Waals surface area contributed by atoms with Crippen molar-refractivity contribution in [3.05, 3.63) is 46.7 Å². The maximum atomic E-state index is 11.6. The highest BCUT2D eigenvalue weighted by atomic mass is 32.1. The van der Waals surface area contributed by atoms with Crippen LogP contribution >= 0.6 is 11.3 Å². The molecule has 7 nitrogen and oxygen atoms in total. The number of rotatable bonds is 3. The molecule has 0 radical (unpaired) electrons. The summed E-state index contributed by atoms with van der Waals surface area (Å²) in [6.07, 6.45) is 6.58. The number of aryl methyl sites for hydroxylation is 3. The minimum Gasteiger partial charge on any atom is -0.368 e. The zero-order valence-electron chi connectivity index (χ0n) is 16.6. The van der Waals surface area contributed by atoms with E-state index in [4.69, 9.17) is 20.8 Å². The summed E-state index contributed by atoms with van der Waals surface area (Å²) in [5, 5.41) is 6.98. The highest BCUT2D eigenvalue weighted by Crippen LogP contribution is 2.38. The molecule has 2 N–H and O–H groups in total. The van der Waals surface area contributed by atoms with Crippen LogP contribution in [0.15, 0.2) is 30.5 Å². The van der Waals surface area contributed by atoms with Gasteiger partial charge in [0.2, 0.25) is 5.91 Å². The summed E-state index contributed by atoms with van der Waals surface area (Å²) in [6.45, 7) is 2.09. The van der Waals surface area contributed by atoms with Gasteiger partial charge in [0.15, 0.2) is 11.5 Å². The third-order valence-electron chi connectivity index (χ3n) is 5.91. The molecule has 0 saturated heterocycles. The molecular weight excluding hydrogens is 396 g/mol. The maximum Gasteiger partial charge on any atom is 0.237 e. The number of para-hydroxylation sites is 1. The molecule has 1 aliphatic rings. The van der Waals surface area contributed by atoms with Gasteiger partial charge in [-0.2, -0.15) is 4.52 Å². The van der Waals surface area contributed by atoms with Crippen molar-refractivity contribution >= 4 is 44.0 Å². The number of carbonyl (C=O) groups is 1. The van der Waals surface area contributed by atoms with E-state index in [0.717, 1.165) is 51.0 Å². The summed E-state index contributed by atoms with van der Waals surface area (Å²) in [5.74, 6) is 1.09. The van der Waals surface area contributed by atoms with Crippen LogP contribution in [0, 0.1) is 6.92 Å². The summed E-state index contributed by atoms with van der Waals surface area (Å²) in [7, 11) is 0. The van der Waals surface area contributed by atoms with Crippen molar-refractivity contribution in [2.75, 3.05) is 0 Å². The number of hydrogen-bond acceptors (Lipinski definition) is 5. The first-order chi connectivity index (χ1) is 14.6. The summed E-state index contributed by atoms with van der Waals surface area (Å²) in [5.41, 5.74) is 9.57. The smallest absolute Gasteiger partial charge is 0.237 e. The van der Waals surface area contributed by atoms with Gasteiger partial charge in [0.05, 0.1) is 5.39 Å². The van der Waals surface area contributed by atoms with E-state index >= 15 is 0 Å². The Labute approximate surface area is 176 Å². The van der Waals surface area contributed by atoms with Gasteiger partial charge in [-0.05, 0) is 44.2 Å². The lowest BCUT2D eigenvalue weighted by Crippen LogP contribution is -2.17. The van der Waals surface area contributed by atoms with Crippen LogP contribution in [0.5, 0.6) is 0 Å². The molecular formula is C22H20N6OS. The van der Waals surface area contributed by atoms with Crippen LogP contribution in [0.4, 0.5) is 0 Å². The van der Waals surface area contributed by atoms with Gasteiger partial charge >= 0.3 is 0 Å². The topological polar surface area (TPSA) is 91.1 Å². The Bertz CT molecular complexity index is 1470. The van der Waals surface area contributed by atoms with Crippen molar-refractivity contribution in [1.82, 2.24) is 24.1 Å². The quantitative estimate of drug-likeness (QED) is 0.486. The Kier molecular flexibility index (Phi) is 3.73. The first kappa shape index (κ1) is 17.6. The van der Waals surface area contributed by atoms with E-state index in [2.05, 4.69) is 0 Å². The number of thiophene rings is 1. The lowest BCUT2D eigenvalue weighted by molar-refractivity contribution is -0.118. The molecule has 30 heavy (non-hydrogen) atoms. The molecule has 1 aromatic carbocycles. The Morgan fingerprint density at radius 3 is 2.90 bits per heavy atom. The molecule has 6 rings (SSSR count). The van der Waals surface area contributed by atoms with E-state index in [1.807, 2.05) is 46.5 Å². The van der Waals surface area contributed by atoms with Crippen molar-refractivity contribution in [1.29, 1.82) is 0 Å². The van der Waals surface area contributed by atoms with Crippen LogP contribution in [-0.4, -0.2) is 30.1 Å². The molecule has 0 saturated carbocycles. The standard InChI is InChI=1S/C22H20N6OS/c1-12-24-22-19(14-7-3-5-9-17(14)30-22)21-25-20(26-28(12)21)15-10-27(11-18(23)29)16-8-4-2-6-13(15)16/h2,4,6,8,10H,3,5,7,9,11H2,1H3,(H2,23,29). The largest absolute Gasteiger partial charge is 0.368 e. The van der Waals surface area contributed by atoms with Crippen LogP contribution in [0.25, 0.3) is 38.2 Å². The number of nitrogens with two attached hydrogens (primary N) is 1. The molecule has 0 atom stereocenters. The SMILES string of the molecule is Cc1nc2sc3c(c2c2nc(-c4cn(CC(N)=O)c5ccccc45)nn12)CCCC3. The van der Waals surface area contributed by atoms with Gasteiger partial charge in [-0.15, -0.1) is 16.4 Å². The van der Waals surface area contributed by atoms with Crippen molar-refractivity contribution in [3.8, 4) is 11.4 Å². The van der Waals surface area contributed by atoms with E-state index in [1.54, 1.807) is 11.3 Å². The number of aromatic nitrogens is 5. The third kappa shape index (κ3) is 2.50. The van der Waals surface area contributed by atoms with Gasteiger partial charge in [0, 0.05) is 27.5 Å². The van der Waals surface area contributed by atoms with E-state index in [9.17, 15) is 4.79 Å². The Morgan fingerprint density at radius 2 is 2.03 bits per heavy atom. The van der Waals surface area contributed by atoms with Crippen LogP contribution in [0.1, 0.15) is 29.1 Å². The van der Waals surface area contributed by atoms with E-state index in [0.29, 0.717) is 5.82 Å². The fraction of sp³-hybridized carbons (Fsp3) is 0.273. The minimum absolute atomic E-state index is 0.122. The molecule has 0 spiro atoms. The predicted octanol–water partition coefficient (Wildman–Crippen LogP) is 3.63. The lowest BCUT2D eigenvalue weighted by atomic mass is 9.97. The molecule has 4 heterocycles. The number of nitrogens with zero attached hydrogens (tertiary/aromatic N) is 5. The van der Waals surface area contributed by atoms with Gasteiger partial charge < -0.3 is 10.3 Å². The first-order valence-electron chi connectivity index (χ1n) is 10.1. The van der Waals surface area contributed by atoms with Crippen molar-refractivity contribution in [2.24, 2.45) is 5.73 Å². The van der Waals surface area contributed by atoms with Crippen molar-refractivity contribution < 1.29 is 4.79 Å². The zero-order valence-corrected chi connectivity index (χ0v) is 17.4. The highest BCUT2D eigenvalue weighted by molar-refractivity contribution is 7.19. The number of benzene rings is 1. The van der Waals surface area contributed by atoms with Crippen LogP contribution in [0.3, 0.4) is 0 Å². The molecule has 1 amide bonds. The van der Waals surface area contributed by atoms with Gasteiger partial charge in [0.25, 0.3) is 0 Å². The third-order valence-corrected chi connectivity index (χ3v) is 7.09. The van der Waals surface area contributed by atoms with Gasteiger partial charge in [0.1, 0.15) is 17.2 Å². The van der Waals surface area contributed by atoms with Gasteiger partial charge in [-0.1, -0.05) is 18.2 Å². The van der Waals surface area contributed by atoms with Crippen LogP contribution < -0.4 is 5.73 Å². The minimum atomic E-state index is -0.378. The molecule has 5 aromatic rings. The average molecular weight is 417 g/mol. The number of carbonyl (C=O) groups excluding carboxylic acids is 1. The van der Waals surface area contributed by atoms with Crippen molar-refractivity contribution in [3.63, 3.8) is 0 Å². The molecule has 1 aliphatic carbocycles. The lowest BCUT2D eigenvalue weighted by Gasteiger charge is -2.10. The average Bonchev–Trinajstić information content (AvgIpc) is 3.41. The zero-order chi connectivity index (χ0) is 20.4.